The second kappa shape index (κ2) is 6.95. The van der Waals surface area contributed by atoms with E-state index < -0.39 is 0 Å². The smallest absolute Gasteiger partial charge is 0.119 e. The van der Waals surface area contributed by atoms with Gasteiger partial charge < -0.3 is 10.1 Å². The number of hydrogen-bond donors (Lipinski definition) is 1. The number of hydrogen-bond acceptors (Lipinski definition) is 2. The molecule has 0 fully saturated rings. The maximum Gasteiger partial charge on any atom is 0.119 e. The predicted molar refractivity (Wildman–Crippen MR) is 90.9 cm³/mol. The molecule has 21 heavy (non-hydrogen) atoms. The molecule has 0 bridgehead atoms. The van der Waals surface area contributed by atoms with Crippen LogP contribution in [0.2, 0.25) is 0 Å². The van der Waals surface area contributed by atoms with Crippen molar-refractivity contribution in [2.75, 3.05) is 13.7 Å². The highest BCUT2D eigenvalue weighted by Crippen LogP contribution is 2.24. The molecular weight excluding hydrogens is 258 g/mol. The molecule has 114 valence electrons. The lowest BCUT2D eigenvalue weighted by Crippen LogP contribution is -2.26. The topological polar surface area (TPSA) is 21.3 Å². The Kier molecular flexibility index (Phi) is 5.24. The Morgan fingerprint density at radius 3 is 2.29 bits per heavy atom. The third kappa shape index (κ3) is 3.98. The first-order valence-electron chi connectivity index (χ1n) is 7.82. The highest BCUT2D eigenvalue weighted by molar-refractivity contribution is 5.84. The van der Waals surface area contributed by atoms with Crippen molar-refractivity contribution in [1.29, 1.82) is 0 Å². The van der Waals surface area contributed by atoms with E-state index in [1.54, 1.807) is 7.11 Å². The number of nitrogens with one attached hydrogen (secondary N) is 1. The van der Waals surface area contributed by atoms with Crippen LogP contribution in [-0.2, 0) is 0 Å². The van der Waals surface area contributed by atoms with Gasteiger partial charge in [-0.1, -0.05) is 39.0 Å². The molecule has 0 aliphatic carbocycles. The molecule has 0 aliphatic heterocycles. The molecule has 0 saturated heterocycles. The zero-order chi connectivity index (χ0) is 15.4. The summed E-state index contributed by atoms with van der Waals surface area (Å²) in [4.78, 5) is 0. The SMILES string of the molecule is COc1ccc2cc(C(C)NCC(C)C(C)C)ccc2c1. The third-order valence-corrected chi connectivity index (χ3v) is 4.46. The molecule has 0 radical (unpaired) electrons. The molecule has 0 spiro atoms. The van der Waals surface area contributed by atoms with E-state index in [9.17, 15) is 0 Å². The highest BCUT2D eigenvalue weighted by Gasteiger charge is 2.10. The average Bonchev–Trinajstić information content (AvgIpc) is 2.50. The van der Waals surface area contributed by atoms with Gasteiger partial charge in [-0.2, -0.15) is 0 Å². The molecular formula is C19H27NO. The van der Waals surface area contributed by atoms with Crippen LogP contribution < -0.4 is 10.1 Å². The van der Waals surface area contributed by atoms with Crippen LogP contribution in [-0.4, -0.2) is 13.7 Å². The van der Waals surface area contributed by atoms with Crippen molar-refractivity contribution in [3.8, 4) is 5.75 Å². The fraction of sp³-hybridized carbons (Fsp3) is 0.474. The van der Waals surface area contributed by atoms with Gasteiger partial charge in [-0.25, -0.2) is 0 Å². The van der Waals surface area contributed by atoms with Crippen LogP contribution in [0, 0.1) is 11.8 Å². The van der Waals surface area contributed by atoms with Crippen molar-refractivity contribution < 1.29 is 4.74 Å². The van der Waals surface area contributed by atoms with Crippen molar-refractivity contribution in [1.82, 2.24) is 5.32 Å². The van der Waals surface area contributed by atoms with E-state index >= 15 is 0 Å². The van der Waals surface area contributed by atoms with Gasteiger partial charge in [0, 0.05) is 6.04 Å². The summed E-state index contributed by atoms with van der Waals surface area (Å²) in [5.74, 6) is 2.32. The van der Waals surface area contributed by atoms with E-state index in [1.165, 1.54) is 16.3 Å². The zero-order valence-electron chi connectivity index (χ0n) is 13.8. The van der Waals surface area contributed by atoms with Gasteiger partial charge in [0.25, 0.3) is 0 Å². The van der Waals surface area contributed by atoms with Crippen molar-refractivity contribution in [3.63, 3.8) is 0 Å². The minimum Gasteiger partial charge on any atom is -0.497 e. The van der Waals surface area contributed by atoms with Crippen LogP contribution in [0.5, 0.6) is 5.75 Å². The summed E-state index contributed by atoms with van der Waals surface area (Å²) in [6.07, 6.45) is 0. The Morgan fingerprint density at radius 2 is 1.62 bits per heavy atom. The van der Waals surface area contributed by atoms with Crippen LogP contribution in [0.1, 0.15) is 39.3 Å². The Balaban J connectivity index is 2.11. The molecule has 2 rings (SSSR count). The van der Waals surface area contributed by atoms with Gasteiger partial charge in [0.05, 0.1) is 7.11 Å². The van der Waals surface area contributed by atoms with Gasteiger partial charge >= 0.3 is 0 Å². The molecule has 2 unspecified atom stereocenters. The van der Waals surface area contributed by atoms with Crippen molar-refractivity contribution in [3.05, 3.63) is 42.0 Å². The summed E-state index contributed by atoms with van der Waals surface area (Å²) in [5, 5.41) is 6.13. The Hall–Kier alpha value is -1.54. The van der Waals surface area contributed by atoms with Gasteiger partial charge in [-0.05, 0) is 59.8 Å². The van der Waals surface area contributed by atoms with Crippen molar-refractivity contribution >= 4 is 10.8 Å². The number of rotatable bonds is 6. The van der Waals surface area contributed by atoms with Crippen LogP contribution in [0.15, 0.2) is 36.4 Å². The number of methoxy groups -OCH3 is 1. The number of fused-ring (bicyclic) bond motifs is 1. The lowest BCUT2D eigenvalue weighted by atomic mass is 9.97. The highest BCUT2D eigenvalue weighted by atomic mass is 16.5. The van der Waals surface area contributed by atoms with Crippen molar-refractivity contribution in [2.45, 2.75) is 33.7 Å². The Morgan fingerprint density at radius 1 is 0.952 bits per heavy atom. The lowest BCUT2D eigenvalue weighted by Gasteiger charge is -2.20. The summed E-state index contributed by atoms with van der Waals surface area (Å²) in [6.45, 7) is 10.1. The molecule has 2 aromatic rings. The van der Waals surface area contributed by atoms with Gasteiger partial charge in [0.1, 0.15) is 5.75 Å². The molecule has 2 atom stereocenters. The predicted octanol–water partition coefficient (Wildman–Crippen LogP) is 4.79. The maximum atomic E-state index is 5.27. The van der Waals surface area contributed by atoms with Gasteiger partial charge in [-0.3, -0.25) is 0 Å². The molecule has 0 aromatic heterocycles. The van der Waals surface area contributed by atoms with Crippen LogP contribution >= 0.6 is 0 Å². The second-order valence-corrected chi connectivity index (χ2v) is 6.32. The van der Waals surface area contributed by atoms with Crippen LogP contribution in [0.4, 0.5) is 0 Å². The summed E-state index contributed by atoms with van der Waals surface area (Å²) in [7, 11) is 1.71. The normalized spacial score (nSPS) is 14.4. The summed E-state index contributed by atoms with van der Waals surface area (Å²) >= 11 is 0. The van der Waals surface area contributed by atoms with Crippen molar-refractivity contribution in [2.24, 2.45) is 11.8 Å². The standard InChI is InChI=1S/C19H27NO/c1-13(2)14(3)12-20-15(4)16-6-7-18-11-19(21-5)9-8-17(18)10-16/h6-11,13-15,20H,12H2,1-5H3. The summed E-state index contributed by atoms with van der Waals surface area (Å²) < 4.78 is 5.27. The number of benzene rings is 2. The molecule has 0 aliphatic rings. The number of ether oxygens (including phenoxy) is 1. The zero-order valence-corrected chi connectivity index (χ0v) is 13.8. The quantitative estimate of drug-likeness (QED) is 0.824. The fourth-order valence-corrected chi connectivity index (χ4v) is 2.35. The lowest BCUT2D eigenvalue weighted by molar-refractivity contribution is 0.376. The van der Waals surface area contributed by atoms with Crippen LogP contribution in [0.25, 0.3) is 10.8 Å². The van der Waals surface area contributed by atoms with E-state index in [0.29, 0.717) is 17.9 Å². The Bertz CT molecular complexity index is 591. The maximum absolute atomic E-state index is 5.27. The van der Waals surface area contributed by atoms with E-state index in [-0.39, 0.29) is 0 Å². The first-order chi connectivity index (χ1) is 10.0. The average molecular weight is 285 g/mol. The van der Waals surface area contributed by atoms with E-state index in [4.69, 9.17) is 4.74 Å². The Labute approximate surface area is 128 Å². The molecule has 0 heterocycles. The first-order valence-corrected chi connectivity index (χ1v) is 7.82. The largest absolute Gasteiger partial charge is 0.497 e. The second-order valence-electron chi connectivity index (χ2n) is 6.32. The van der Waals surface area contributed by atoms with Gasteiger partial charge in [0.15, 0.2) is 0 Å². The van der Waals surface area contributed by atoms with E-state index in [0.717, 1.165) is 12.3 Å². The van der Waals surface area contributed by atoms with Crippen LogP contribution in [0.3, 0.4) is 0 Å². The third-order valence-electron chi connectivity index (χ3n) is 4.46. The van der Waals surface area contributed by atoms with E-state index in [1.807, 2.05) is 6.07 Å². The minimum absolute atomic E-state index is 0.373. The van der Waals surface area contributed by atoms with Gasteiger partial charge in [-0.15, -0.1) is 0 Å². The minimum atomic E-state index is 0.373. The molecule has 0 amide bonds. The molecule has 1 N–H and O–H groups in total. The fourth-order valence-electron chi connectivity index (χ4n) is 2.35. The summed E-state index contributed by atoms with van der Waals surface area (Å²) in [5.41, 5.74) is 1.34. The van der Waals surface area contributed by atoms with E-state index in [2.05, 4.69) is 63.3 Å². The molecule has 2 heteroatoms. The molecule has 0 saturated carbocycles. The first kappa shape index (κ1) is 15.8. The van der Waals surface area contributed by atoms with Gasteiger partial charge in [0.2, 0.25) is 0 Å². The molecule has 2 nitrogen and oxygen atoms in total. The monoisotopic (exact) mass is 285 g/mol. The summed E-state index contributed by atoms with van der Waals surface area (Å²) in [6, 6.07) is 13.3. The molecule has 2 aromatic carbocycles.